The van der Waals surface area contributed by atoms with Gasteiger partial charge in [0.25, 0.3) is 5.91 Å². The molecule has 1 aromatic carbocycles. The lowest BCUT2D eigenvalue weighted by molar-refractivity contribution is -0.113. The van der Waals surface area contributed by atoms with E-state index in [-0.39, 0.29) is 16.0 Å². The molecular formula is C14H11N3O3S3. The molecule has 1 aromatic heterocycles. The van der Waals surface area contributed by atoms with Crippen LogP contribution in [0.25, 0.3) is 6.08 Å². The minimum Gasteiger partial charge on any atom is -0.278 e. The van der Waals surface area contributed by atoms with Crippen molar-refractivity contribution in [1.29, 1.82) is 5.41 Å². The molecule has 0 unspecified atom stereocenters. The van der Waals surface area contributed by atoms with Crippen LogP contribution < -0.4 is 10.0 Å². The fourth-order valence-electron chi connectivity index (χ4n) is 2.01. The number of rotatable bonds is 3. The summed E-state index contributed by atoms with van der Waals surface area (Å²) in [7, 11) is -3.79. The van der Waals surface area contributed by atoms with Crippen LogP contribution in [0.2, 0.25) is 0 Å². The number of nitrogens with two attached hydrogens (primary N) is 1. The van der Waals surface area contributed by atoms with Crippen LogP contribution in [0, 0.1) is 5.41 Å². The molecular weight excluding hydrogens is 354 g/mol. The van der Waals surface area contributed by atoms with Gasteiger partial charge in [0.15, 0.2) is 5.17 Å². The van der Waals surface area contributed by atoms with Crippen molar-refractivity contribution in [2.75, 3.05) is 4.90 Å². The smallest absolute Gasteiger partial charge is 0.271 e. The Balaban J connectivity index is 1.91. The summed E-state index contributed by atoms with van der Waals surface area (Å²) in [6.45, 7) is 0. The van der Waals surface area contributed by atoms with Gasteiger partial charge in [-0.05, 0) is 53.5 Å². The molecule has 3 rings (SSSR count). The first-order chi connectivity index (χ1) is 10.9. The van der Waals surface area contributed by atoms with Gasteiger partial charge in [0.1, 0.15) is 0 Å². The molecule has 9 heteroatoms. The first kappa shape index (κ1) is 15.9. The molecule has 0 aliphatic carbocycles. The second kappa shape index (κ2) is 5.93. The summed E-state index contributed by atoms with van der Waals surface area (Å²) in [5, 5.41) is 15.0. The maximum Gasteiger partial charge on any atom is 0.271 e. The molecule has 2 aromatic rings. The summed E-state index contributed by atoms with van der Waals surface area (Å²) < 4.78 is 22.5. The van der Waals surface area contributed by atoms with E-state index in [4.69, 9.17) is 10.5 Å². The minimum absolute atomic E-state index is 0.0403. The van der Waals surface area contributed by atoms with Gasteiger partial charge in [0.05, 0.1) is 15.5 Å². The lowest BCUT2D eigenvalue weighted by atomic mass is 10.3. The molecule has 1 aliphatic rings. The predicted molar refractivity (Wildman–Crippen MR) is 92.9 cm³/mol. The monoisotopic (exact) mass is 365 g/mol. The third-order valence-electron chi connectivity index (χ3n) is 3.06. The highest BCUT2D eigenvalue weighted by Crippen LogP contribution is 2.35. The van der Waals surface area contributed by atoms with Crippen molar-refractivity contribution in [1.82, 2.24) is 0 Å². The summed E-state index contributed by atoms with van der Waals surface area (Å²) in [6.07, 6.45) is 1.74. The van der Waals surface area contributed by atoms with E-state index in [1.165, 1.54) is 40.5 Å². The van der Waals surface area contributed by atoms with Gasteiger partial charge in [-0.3, -0.25) is 15.1 Å². The summed E-state index contributed by atoms with van der Waals surface area (Å²) >= 11 is 2.57. The van der Waals surface area contributed by atoms with Gasteiger partial charge < -0.3 is 0 Å². The van der Waals surface area contributed by atoms with Gasteiger partial charge in [-0.25, -0.2) is 13.6 Å². The molecule has 23 heavy (non-hydrogen) atoms. The van der Waals surface area contributed by atoms with Crippen LogP contribution in [-0.4, -0.2) is 19.5 Å². The average molecular weight is 365 g/mol. The number of anilines is 1. The number of carbonyl (C=O) groups is 1. The Morgan fingerprint density at radius 1 is 1.17 bits per heavy atom. The second-order valence-corrected chi connectivity index (χ2v) is 8.18. The van der Waals surface area contributed by atoms with E-state index in [2.05, 4.69) is 0 Å². The van der Waals surface area contributed by atoms with Crippen LogP contribution >= 0.6 is 23.1 Å². The number of sulfonamides is 1. The second-order valence-electron chi connectivity index (χ2n) is 4.61. The molecule has 0 bridgehead atoms. The SMILES string of the molecule is N=C1S/C(=C\c2cccs2)C(=O)N1c1ccc(S(N)(=O)=O)cc1. The number of primary sulfonamides is 1. The molecule has 1 aliphatic heterocycles. The first-order valence-electron chi connectivity index (χ1n) is 6.35. The fourth-order valence-corrected chi connectivity index (χ4v) is 4.11. The van der Waals surface area contributed by atoms with Crippen molar-refractivity contribution < 1.29 is 13.2 Å². The minimum atomic E-state index is -3.79. The van der Waals surface area contributed by atoms with Crippen LogP contribution in [0.3, 0.4) is 0 Å². The Morgan fingerprint density at radius 3 is 2.43 bits per heavy atom. The first-order valence-corrected chi connectivity index (χ1v) is 9.59. The number of thioether (sulfide) groups is 1. The molecule has 0 radical (unpaired) electrons. The molecule has 1 amide bonds. The summed E-state index contributed by atoms with van der Waals surface area (Å²) in [4.78, 5) is 15.1. The lowest BCUT2D eigenvalue weighted by Crippen LogP contribution is -2.28. The van der Waals surface area contributed by atoms with Crippen LogP contribution in [0.4, 0.5) is 5.69 Å². The van der Waals surface area contributed by atoms with Gasteiger partial charge in [0.2, 0.25) is 10.0 Å². The van der Waals surface area contributed by atoms with Crippen molar-refractivity contribution in [3.05, 3.63) is 51.6 Å². The van der Waals surface area contributed by atoms with Gasteiger partial charge in [-0.2, -0.15) is 0 Å². The lowest BCUT2D eigenvalue weighted by Gasteiger charge is -2.14. The number of carbonyl (C=O) groups excluding carboxylic acids is 1. The standard InChI is InChI=1S/C14H11N3O3S3/c15-14-17(9-3-5-11(6-4-9)23(16,19)20)13(18)12(22-14)8-10-2-1-7-21-10/h1-8,15H,(H2,16,19,20)/b12-8-,15-14?. The van der Waals surface area contributed by atoms with E-state index in [1.807, 2.05) is 17.5 Å². The Bertz CT molecular complexity index is 900. The van der Waals surface area contributed by atoms with Crippen LogP contribution in [0.5, 0.6) is 0 Å². The number of amidine groups is 1. The maximum absolute atomic E-state index is 12.5. The molecule has 2 heterocycles. The highest BCUT2D eigenvalue weighted by Gasteiger charge is 2.33. The van der Waals surface area contributed by atoms with Gasteiger partial charge in [-0.15, -0.1) is 11.3 Å². The molecule has 0 atom stereocenters. The number of nitrogens with zero attached hydrogens (tertiary/aromatic N) is 1. The van der Waals surface area contributed by atoms with Crippen molar-refractivity contribution >= 4 is 56.0 Å². The van der Waals surface area contributed by atoms with E-state index in [0.29, 0.717) is 10.6 Å². The normalized spacial score (nSPS) is 17.3. The summed E-state index contributed by atoms with van der Waals surface area (Å²) in [5.74, 6) is -0.309. The zero-order valence-electron chi connectivity index (χ0n) is 11.6. The van der Waals surface area contributed by atoms with Gasteiger partial charge >= 0.3 is 0 Å². The number of nitrogens with one attached hydrogen (secondary N) is 1. The molecule has 1 fully saturated rings. The van der Waals surface area contributed by atoms with Crippen molar-refractivity contribution in [3.63, 3.8) is 0 Å². The third kappa shape index (κ3) is 3.22. The van der Waals surface area contributed by atoms with E-state index in [0.717, 1.165) is 16.6 Å². The van der Waals surface area contributed by atoms with Gasteiger partial charge in [-0.1, -0.05) is 6.07 Å². The highest BCUT2D eigenvalue weighted by atomic mass is 32.2. The van der Waals surface area contributed by atoms with E-state index < -0.39 is 10.0 Å². The number of amides is 1. The zero-order valence-corrected chi connectivity index (χ0v) is 14.0. The Morgan fingerprint density at radius 2 is 1.87 bits per heavy atom. The Hall–Kier alpha value is -1.94. The van der Waals surface area contributed by atoms with E-state index in [9.17, 15) is 13.2 Å². The van der Waals surface area contributed by atoms with Crippen LogP contribution in [-0.2, 0) is 14.8 Å². The Kier molecular flexibility index (Phi) is 4.11. The Labute approximate surface area is 141 Å². The van der Waals surface area contributed by atoms with Crippen LogP contribution in [0.15, 0.2) is 51.6 Å². The number of hydrogen-bond donors (Lipinski definition) is 2. The fraction of sp³-hybridized carbons (Fsp3) is 0. The van der Waals surface area contributed by atoms with Crippen molar-refractivity contribution in [2.24, 2.45) is 5.14 Å². The predicted octanol–water partition coefficient (Wildman–Crippen LogP) is 2.45. The average Bonchev–Trinajstić information content (AvgIpc) is 3.08. The largest absolute Gasteiger partial charge is 0.278 e. The van der Waals surface area contributed by atoms with Crippen molar-refractivity contribution in [2.45, 2.75) is 4.90 Å². The molecule has 6 nitrogen and oxygen atoms in total. The van der Waals surface area contributed by atoms with Gasteiger partial charge in [0, 0.05) is 4.88 Å². The number of benzene rings is 1. The molecule has 0 spiro atoms. The summed E-state index contributed by atoms with van der Waals surface area (Å²) in [5.41, 5.74) is 0.425. The number of hydrogen-bond acceptors (Lipinski definition) is 6. The van der Waals surface area contributed by atoms with E-state index >= 15 is 0 Å². The highest BCUT2D eigenvalue weighted by molar-refractivity contribution is 8.19. The van der Waals surface area contributed by atoms with Crippen LogP contribution in [0.1, 0.15) is 4.88 Å². The molecule has 0 saturated carbocycles. The maximum atomic E-state index is 12.5. The quantitative estimate of drug-likeness (QED) is 0.815. The molecule has 1 saturated heterocycles. The molecule has 118 valence electrons. The third-order valence-corrected chi connectivity index (χ3v) is 5.70. The van der Waals surface area contributed by atoms with E-state index in [1.54, 1.807) is 6.08 Å². The topological polar surface area (TPSA) is 104 Å². The molecule has 3 N–H and O–H groups in total. The van der Waals surface area contributed by atoms with Crippen molar-refractivity contribution in [3.8, 4) is 0 Å². The number of thiophene rings is 1. The summed E-state index contributed by atoms with van der Waals surface area (Å²) in [6, 6.07) is 9.32. The zero-order chi connectivity index (χ0) is 16.6.